The highest BCUT2D eigenvalue weighted by atomic mass is 16.1. The quantitative estimate of drug-likeness (QED) is 0.405. The standard InChI is InChI=1S/C25H34N8O/c1-14-2-3-17(21(26)34)9-20(14)30-24-32-22(31-23(33-24)29-19-4-5-27-12-19)28-13-25-10-15-6-16(11-25)8-18(25)7-15/h2-3,9,15-16,18-19,27H,4-8,10-13H2,1H3,(H2,26,34)(H3,28,29,30,31,32,33). The number of amides is 1. The number of rotatable bonds is 8. The third-order valence-corrected chi connectivity index (χ3v) is 8.55. The van der Waals surface area contributed by atoms with Crippen molar-refractivity contribution >= 4 is 29.4 Å². The maximum Gasteiger partial charge on any atom is 0.248 e. The monoisotopic (exact) mass is 462 g/mol. The number of nitrogens with one attached hydrogen (secondary N) is 4. The average molecular weight is 463 g/mol. The molecule has 6 N–H and O–H groups in total. The minimum atomic E-state index is -0.461. The van der Waals surface area contributed by atoms with Crippen LogP contribution in [0.5, 0.6) is 0 Å². The molecule has 5 fully saturated rings. The molecule has 4 saturated carbocycles. The van der Waals surface area contributed by atoms with Gasteiger partial charge in [-0.1, -0.05) is 6.07 Å². The van der Waals surface area contributed by atoms with E-state index in [1.54, 1.807) is 12.1 Å². The maximum atomic E-state index is 11.7. The van der Waals surface area contributed by atoms with Crippen molar-refractivity contribution in [1.29, 1.82) is 0 Å². The van der Waals surface area contributed by atoms with Gasteiger partial charge >= 0.3 is 0 Å². The van der Waals surface area contributed by atoms with Gasteiger partial charge in [-0.2, -0.15) is 15.0 Å². The van der Waals surface area contributed by atoms with Gasteiger partial charge in [0.1, 0.15) is 0 Å². The smallest absolute Gasteiger partial charge is 0.248 e. The lowest BCUT2D eigenvalue weighted by Gasteiger charge is -2.33. The van der Waals surface area contributed by atoms with Gasteiger partial charge in [0.05, 0.1) is 0 Å². The van der Waals surface area contributed by atoms with Crippen LogP contribution in [0.15, 0.2) is 18.2 Å². The Hall–Kier alpha value is -2.94. The molecule has 7 rings (SSSR count). The lowest BCUT2D eigenvalue weighted by Crippen LogP contribution is -2.32. The van der Waals surface area contributed by atoms with Gasteiger partial charge in [0.25, 0.3) is 0 Å². The summed E-state index contributed by atoms with van der Waals surface area (Å²) in [6, 6.07) is 5.64. The van der Waals surface area contributed by atoms with Crippen molar-refractivity contribution in [2.45, 2.75) is 51.5 Å². The number of hydrogen-bond acceptors (Lipinski definition) is 8. The molecule has 1 amide bonds. The zero-order valence-corrected chi connectivity index (χ0v) is 19.7. The molecule has 3 unspecified atom stereocenters. The first-order chi connectivity index (χ1) is 16.5. The van der Waals surface area contributed by atoms with Crippen molar-refractivity contribution in [2.24, 2.45) is 28.9 Å². The number of primary amides is 1. The number of carbonyl (C=O) groups is 1. The molecule has 9 heteroatoms. The van der Waals surface area contributed by atoms with E-state index in [2.05, 4.69) is 26.3 Å². The summed E-state index contributed by atoms with van der Waals surface area (Å²) in [6.07, 6.45) is 7.96. The van der Waals surface area contributed by atoms with Gasteiger partial charge < -0.3 is 27.0 Å². The van der Waals surface area contributed by atoms with E-state index in [1.165, 1.54) is 32.1 Å². The predicted molar refractivity (Wildman–Crippen MR) is 132 cm³/mol. The molecule has 1 aliphatic heterocycles. The second kappa shape index (κ2) is 8.37. The summed E-state index contributed by atoms with van der Waals surface area (Å²) in [5.74, 6) is 3.83. The fraction of sp³-hybridized carbons (Fsp3) is 0.600. The van der Waals surface area contributed by atoms with E-state index in [4.69, 9.17) is 15.7 Å². The van der Waals surface area contributed by atoms with E-state index in [0.29, 0.717) is 34.9 Å². The summed E-state index contributed by atoms with van der Waals surface area (Å²) in [6.45, 7) is 4.78. The van der Waals surface area contributed by atoms with E-state index in [0.717, 1.165) is 55.1 Å². The Morgan fingerprint density at radius 1 is 1.12 bits per heavy atom. The van der Waals surface area contributed by atoms with Crippen LogP contribution < -0.4 is 27.0 Å². The Morgan fingerprint density at radius 2 is 1.88 bits per heavy atom. The van der Waals surface area contributed by atoms with E-state index < -0.39 is 5.91 Å². The molecule has 9 nitrogen and oxygen atoms in total. The molecule has 2 aromatic rings. The lowest BCUT2D eigenvalue weighted by atomic mass is 9.75. The Labute approximate surface area is 200 Å². The van der Waals surface area contributed by atoms with Gasteiger partial charge in [0.15, 0.2) is 0 Å². The van der Waals surface area contributed by atoms with E-state index in [9.17, 15) is 4.79 Å². The molecule has 2 heterocycles. The van der Waals surface area contributed by atoms with Gasteiger partial charge in [-0.25, -0.2) is 0 Å². The zero-order valence-electron chi connectivity index (χ0n) is 19.7. The largest absolute Gasteiger partial charge is 0.366 e. The highest BCUT2D eigenvalue weighted by Crippen LogP contribution is 2.65. The Kier molecular flexibility index (Phi) is 5.32. The van der Waals surface area contributed by atoms with Crippen molar-refractivity contribution in [3.05, 3.63) is 29.3 Å². The summed E-state index contributed by atoms with van der Waals surface area (Å²) in [7, 11) is 0. The van der Waals surface area contributed by atoms with Crippen LogP contribution >= 0.6 is 0 Å². The van der Waals surface area contributed by atoms with Crippen molar-refractivity contribution in [1.82, 2.24) is 20.3 Å². The Morgan fingerprint density at radius 3 is 2.62 bits per heavy atom. The van der Waals surface area contributed by atoms with Crippen molar-refractivity contribution in [2.75, 3.05) is 35.6 Å². The topological polar surface area (TPSA) is 130 Å². The summed E-state index contributed by atoms with van der Waals surface area (Å²) in [5.41, 5.74) is 8.07. The minimum absolute atomic E-state index is 0.294. The van der Waals surface area contributed by atoms with Gasteiger partial charge in [-0.05, 0) is 92.9 Å². The summed E-state index contributed by atoms with van der Waals surface area (Å²) < 4.78 is 0. The zero-order chi connectivity index (χ0) is 23.3. The average Bonchev–Trinajstić information content (AvgIpc) is 3.46. The molecule has 0 spiro atoms. The van der Waals surface area contributed by atoms with Crippen LogP contribution in [0.3, 0.4) is 0 Å². The Bertz CT molecular complexity index is 1080. The van der Waals surface area contributed by atoms with Crippen LogP contribution in [-0.4, -0.2) is 46.5 Å². The third-order valence-electron chi connectivity index (χ3n) is 8.55. The molecule has 1 saturated heterocycles. The van der Waals surface area contributed by atoms with Crippen LogP contribution in [0, 0.1) is 30.1 Å². The number of benzene rings is 1. The van der Waals surface area contributed by atoms with Crippen LogP contribution in [0.1, 0.15) is 54.4 Å². The summed E-state index contributed by atoms with van der Waals surface area (Å²) in [5, 5.41) is 13.7. The minimum Gasteiger partial charge on any atom is -0.366 e. The SMILES string of the molecule is Cc1ccc(C(N)=O)cc1Nc1nc(NCC23CC4CC(CC2C4)C3)nc(NC2CCNC2)n1. The first-order valence-corrected chi connectivity index (χ1v) is 12.6. The molecule has 5 aliphatic rings. The van der Waals surface area contributed by atoms with Gasteiger partial charge in [0, 0.05) is 30.4 Å². The second-order valence-corrected chi connectivity index (χ2v) is 10.9. The van der Waals surface area contributed by atoms with Crippen LogP contribution in [-0.2, 0) is 0 Å². The fourth-order valence-corrected chi connectivity index (χ4v) is 7.07. The third kappa shape index (κ3) is 4.06. The normalized spacial score (nSPS) is 31.1. The van der Waals surface area contributed by atoms with Gasteiger partial charge in [-0.3, -0.25) is 4.79 Å². The molecule has 0 radical (unpaired) electrons. The van der Waals surface area contributed by atoms with Crippen LogP contribution in [0.4, 0.5) is 23.5 Å². The Balaban J connectivity index is 1.25. The van der Waals surface area contributed by atoms with E-state index in [-0.39, 0.29) is 0 Å². The highest BCUT2D eigenvalue weighted by molar-refractivity contribution is 5.94. The maximum absolute atomic E-state index is 11.7. The number of anilines is 4. The molecule has 4 aliphatic carbocycles. The van der Waals surface area contributed by atoms with Gasteiger partial charge in [0.2, 0.25) is 23.8 Å². The number of nitrogens with two attached hydrogens (primary N) is 1. The number of hydrogen-bond donors (Lipinski definition) is 5. The molecular weight excluding hydrogens is 428 g/mol. The number of nitrogens with zero attached hydrogens (tertiary/aromatic N) is 3. The second-order valence-electron chi connectivity index (χ2n) is 10.9. The molecule has 1 aromatic carbocycles. The molecular formula is C25H34N8O. The molecule has 3 atom stereocenters. The first-order valence-electron chi connectivity index (χ1n) is 12.6. The molecule has 4 bridgehead atoms. The van der Waals surface area contributed by atoms with E-state index >= 15 is 0 Å². The summed E-state index contributed by atoms with van der Waals surface area (Å²) >= 11 is 0. The number of aryl methyl sites for hydroxylation is 1. The fourth-order valence-electron chi connectivity index (χ4n) is 7.07. The number of aromatic nitrogens is 3. The van der Waals surface area contributed by atoms with E-state index in [1.807, 2.05) is 13.0 Å². The summed E-state index contributed by atoms with van der Waals surface area (Å²) in [4.78, 5) is 25.7. The molecule has 1 aromatic heterocycles. The van der Waals surface area contributed by atoms with Crippen LogP contribution in [0.25, 0.3) is 0 Å². The first kappa shape index (κ1) is 21.6. The molecule has 34 heavy (non-hydrogen) atoms. The van der Waals surface area contributed by atoms with Gasteiger partial charge in [-0.15, -0.1) is 0 Å². The van der Waals surface area contributed by atoms with Crippen molar-refractivity contribution in [3.8, 4) is 0 Å². The van der Waals surface area contributed by atoms with Crippen LogP contribution in [0.2, 0.25) is 0 Å². The number of carbonyl (C=O) groups excluding carboxylic acids is 1. The predicted octanol–water partition coefficient (Wildman–Crippen LogP) is 3.03. The lowest BCUT2D eigenvalue weighted by molar-refractivity contribution is 0.100. The highest BCUT2D eigenvalue weighted by Gasteiger charge is 2.57. The van der Waals surface area contributed by atoms with Crippen molar-refractivity contribution in [3.63, 3.8) is 0 Å². The van der Waals surface area contributed by atoms with Crippen molar-refractivity contribution < 1.29 is 4.79 Å². The molecule has 180 valence electrons.